The number of hydrogen-bond donors (Lipinski definition) is 2. The second-order valence-electron chi connectivity index (χ2n) is 5.48. The summed E-state index contributed by atoms with van der Waals surface area (Å²) in [6.07, 6.45) is 3.06. The third-order valence-electron chi connectivity index (χ3n) is 3.53. The van der Waals surface area contributed by atoms with Crippen molar-refractivity contribution in [3.05, 3.63) is 35.4 Å². The van der Waals surface area contributed by atoms with Crippen molar-refractivity contribution in [2.45, 2.75) is 45.2 Å². The molecule has 108 valence electrons. The third kappa shape index (κ3) is 5.31. The van der Waals surface area contributed by atoms with E-state index in [0.29, 0.717) is 0 Å². The molecule has 0 heterocycles. The van der Waals surface area contributed by atoms with Crippen LogP contribution in [0.5, 0.6) is 0 Å². The van der Waals surface area contributed by atoms with Crippen LogP contribution in [0.1, 0.15) is 43.4 Å². The van der Waals surface area contributed by atoms with Crippen LogP contribution in [0.4, 0.5) is 0 Å². The standard InChI is InChI=1S/C16H28N2O/c1-13-8-7-9-15(12-13)16(14(2)17)18(3)10-5-4-6-11-19/h7-9,12,14,16,19H,4-6,10-11,17H2,1-3H3. The van der Waals surface area contributed by atoms with Gasteiger partial charge in [-0.3, -0.25) is 4.90 Å². The Morgan fingerprint density at radius 2 is 2.00 bits per heavy atom. The van der Waals surface area contributed by atoms with Crippen molar-refractivity contribution < 1.29 is 5.11 Å². The molecule has 1 aromatic rings. The third-order valence-corrected chi connectivity index (χ3v) is 3.53. The van der Waals surface area contributed by atoms with Crippen molar-refractivity contribution in [1.82, 2.24) is 4.90 Å². The first kappa shape index (κ1) is 16.2. The van der Waals surface area contributed by atoms with Crippen molar-refractivity contribution in [1.29, 1.82) is 0 Å². The molecule has 0 spiro atoms. The number of nitrogens with zero attached hydrogens (tertiary/aromatic N) is 1. The molecular formula is C16H28N2O. The average Bonchev–Trinajstić information content (AvgIpc) is 2.34. The number of unbranched alkanes of at least 4 members (excludes halogenated alkanes) is 2. The first-order chi connectivity index (χ1) is 9.06. The zero-order valence-electron chi connectivity index (χ0n) is 12.5. The number of benzene rings is 1. The summed E-state index contributed by atoms with van der Waals surface area (Å²) in [6.45, 7) is 5.48. The van der Waals surface area contributed by atoms with Crippen LogP contribution in [-0.4, -0.2) is 36.2 Å². The Morgan fingerprint density at radius 3 is 2.58 bits per heavy atom. The monoisotopic (exact) mass is 264 g/mol. The maximum absolute atomic E-state index is 8.80. The summed E-state index contributed by atoms with van der Waals surface area (Å²) in [5, 5.41) is 8.80. The molecule has 3 heteroatoms. The van der Waals surface area contributed by atoms with Crippen molar-refractivity contribution >= 4 is 0 Å². The molecule has 0 aliphatic carbocycles. The minimum Gasteiger partial charge on any atom is -0.396 e. The van der Waals surface area contributed by atoms with Gasteiger partial charge in [-0.25, -0.2) is 0 Å². The zero-order valence-corrected chi connectivity index (χ0v) is 12.5. The van der Waals surface area contributed by atoms with Crippen LogP contribution in [0.2, 0.25) is 0 Å². The van der Waals surface area contributed by atoms with Gasteiger partial charge in [-0.1, -0.05) is 29.8 Å². The summed E-state index contributed by atoms with van der Waals surface area (Å²) in [5.74, 6) is 0. The molecule has 0 saturated heterocycles. The molecule has 0 fully saturated rings. The van der Waals surface area contributed by atoms with Crippen LogP contribution in [0.15, 0.2) is 24.3 Å². The van der Waals surface area contributed by atoms with E-state index in [1.165, 1.54) is 11.1 Å². The molecule has 3 N–H and O–H groups in total. The largest absolute Gasteiger partial charge is 0.396 e. The van der Waals surface area contributed by atoms with Crippen LogP contribution in [0.3, 0.4) is 0 Å². The van der Waals surface area contributed by atoms with E-state index in [4.69, 9.17) is 10.8 Å². The molecule has 2 atom stereocenters. The highest BCUT2D eigenvalue weighted by Gasteiger charge is 2.20. The summed E-state index contributed by atoms with van der Waals surface area (Å²) in [6, 6.07) is 8.95. The quantitative estimate of drug-likeness (QED) is 0.709. The molecule has 0 saturated carbocycles. The lowest BCUT2D eigenvalue weighted by atomic mass is 9.97. The van der Waals surface area contributed by atoms with Gasteiger partial charge in [0.25, 0.3) is 0 Å². The molecule has 0 amide bonds. The first-order valence-electron chi connectivity index (χ1n) is 7.19. The van der Waals surface area contributed by atoms with E-state index in [2.05, 4.69) is 50.1 Å². The lowest BCUT2D eigenvalue weighted by Gasteiger charge is -2.31. The van der Waals surface area contributed by atoms with E-state index in [1.807, 2.05) is 0 Å². The molecular weight excluding hydrogens is 236 g/mol. The molecule has 19 heavy (non-hydrogen) atoms. The molecule has 3 nitrogen and oxygen atoms in total. The normalized spacial score (nSPS) is 14.6. The summed E-state index contributed by atoms with van der Waals surface area (Å²) in [4.78, 5) is 2.33. The van der Waals surface area contributed by atoms with E-state index in [-0.39, 0.29) is 18.7 Å². The van der Waals surface area contributed by atoms with Gasteiger partial charge >= 0.3 is 0 Å². The van der Waals surface area contributed by atoms with Gasteiger partial charge in [0.2, 0.25) is 0 Å². The maximum Gasteiger partial charge on any atom is 0.0493 e. The topological polar surface area (TPSA) is 49.5 Å². The summed E-state index contributed by atoms with van der Waals surface area (Å²) in [7, 11) is 2.13. The fourth-order valence-electron chi connectivity index (χ4n) is 2.60. The van der Waals surface area contributed by atoms with Crippen LogP contribution >= 0.6 is 0 Å². The highest BCUT2D eigenvalue weighted by molar-refractivity contribution is 5.26. The average molecular weight is 264 g/mol. The van der Waals surface area contributed by atoms with Crippen LogP contribution in [0, 0.1) is 6.92 Å². The Labute approximate surface area is 117 Å². The van der Waals surface area contributed by atoms with Gasteiger partial charge < -0.3 is 10.8 Å². The van der Waals surface area contributed by atoms with E-state index in [0.717, 1.165) is 25.8 Å². The maximum atomic E-state index is 8.80. The fourth-order valence-corrected chi connectivity index (χ4v) is 2.60. The molecule has 1 aromatic carbocycles. The van der Waals surface area contributed by atoms with Crippen molar-refractivity contribution in [2.75, 3.05) is 20.2 Å². The number of aryl methyl sites for hydroxylation is 1. The summed E-state index contributed by atoms with van der Waals surface area (Å²) in [5.41, 5.74) is 8.73. The first-order valence-corrected chi connectivity index (χ1v) is 7.19. The highest BCUT2D eigenvalue weighted by atomic mass is 16.2. The second-order valence-corrected chi connectivity index (χ2v) is 5.48. The van der Waals surface area contributed by atoms with Crippen molar-refractivity contribution in [3.8, 4) is 0 Å². The van der Waals surface area contributed by atoms with E-state index in [9.17, 15) is 0 Å². The van der Waals surface area contributed by atoms with Gasteiger partial charge in [-0.05, 0) is 52.3 Å². The van der Waals surface area contributed by atoms with Gasteiger partial charge in [-0.15, -0.1) is 0 Å². The molecule has 2 unspecified atom stereocenters. The SMILES string of the molecule is Cc1cccc(C(C(C)N)N(C)CCCCCO)c1. The number of aliphatic hydroxyl groups excluding tert-OH is 1. The minimum atomic E-state index is 0.102. The van der Waals surface area contributed by atoms with Gasteiger partial charge in [0.1, 0.15) is 0 Å². The highest BCUT2D eigenvalue weighted by Crippen LogP contribution is 2.23. The van der Waals surface area contributed by atoms with Crippen molar-refractivity contribution in [3.63, 3.8) is 0 Å². The van der Waals surface area contributed by atoms with Crippen molar-refractivity contribution in [2.24, 2.45) is 5.73 Å². The fraction of sp³-hybridized carbons (Fsp3) is 0.625. The molecule has 1 rings (SSSR count). The Hall–Kier alpha value is -0.900. The van der Waals surface area contributed by atoms with Gasteiger partial charge in [0.05, 0.1) is 0 Å². The Bertz CT molecular complexity index is 366. The molecule has 0 aliphatic heterocycles. The van der Waals surface area contributed by atoms with E-state index >= 15 is 0 Å². The Balaban J connectivity index is 2.66. The molecule has 0 radical (unpaired) electrons. The predicted octanol–water partition coefficient (Wildman–Crippen LogP) is 2.48. The van der Waals surface area contributed by atoms with Crippen LogP contribution in [0.25, 0.3) is 0 Å². The van der Waals surface area contributed by atoms with Gasteiger partial charge in [0.15, 0.2) is 0 Å². The lowest BCUT2D eigenvalue weighted by molar-refractivity contribution is 0.210. The van der Waals surface area contributed by atoms with Gasteiger partial charge in [0, 0.05) is 18.7 Å². The van der Waals surface area contributed by atoms with Gasteiger partial charge in [-0.2, -0.15) is 0 Å². The number of likely N-dealkylation sites (N-methyl/N-ethyl adjacent to an activating group) is 1. The molecule has 0 aromatic heterocycles. The molecule has 0 aliphatic rings. The lowest BCUT2D eigenvalue weighted by Crippen LogP contribution is -2.37. The second kappa shape index (κ2) is 8.31. The Kier molecular flexibility index (Phi) is 7.06. The van der Waals surface area contributed by atoms with E-state index < -0.39 is 0 Å². The number of aliphatic hydroxyl groups is 1. The van der Waals surface area contributed by atoms with E-state index in [1.54, 1.807) is 0 Å². The number of rotatable bonds is 8. The summed E-state index contributed by atoms with van der Waals surface area (Å²) < 4.78 is 0. The van der Waals surface area contributed by atoms with Crippen LogP contribution in [-0.2, 0) is 0 Å². The molecule has 0 bridgehead atoms. The number of nitrogens with two attached hydrogens (primary N) is 1. The summed E-state index contributed by atoms with van der Waals surface area (Å²) >= 11 is 0. The predicted molar refractivity (Wildman–Crippen MR) is 81.1 cm³/mol. The smallest absolute Gasteiger partial charge is 0.0493 e. The number of hydrogen-bond acceptors (Lipinski definition) is 3. The Morgan fingerprint density at radius 1 is 1.26 bits per heavy atom. The zero-order chi connectivity index (χ0) is 14.3. The minimum absolute atomic E-state index is 0.102. The van der Waals surface area contributed by atoms with Crippen LogP contribution < -0.4 is 5.73 Å².